The van der Waals surface area contributed by atoms with Crippen molar-refractivity contribution in [2.45, 2.75) is 6.92 Å². The highest BCUT2D eigenvalue weighted by molar-refractivity contribution is 7.12. The first-order chi connectivity index (χ1) is 7.69. The first-order valence-electron chi connectivity index (χ1n) is 4.65. The van der Waals surface area contributed by atoms with Gasteiger partial charge in [-0.15, -0.1) is 11.3 Å². The maximum atomic E-state index is 11.7. The third-order valence-electron chi connectivity index (χ3n) is 1.98. The van der Waals surface area contributed by atoms with Crippen molar-refractivity contribution in [3.05, 3.63) is 28.1 Å². The van der Waals surface area contributed by atoms with Crippen LogP contribution in [0.5, 0.6) is 5.75 Å². The summed E-state index contributed by atoms with van der Waals surface area (Å²) in [6, 6.07) is 3.46. The Morgan fingerprint density at radius 2 is 2.38 bits per heavy atom. The van der Waals surface area contributed by atoms with Crippen molar-refractivity contribution in [1.82, 2.24) is 10.2 Å². The summed E-state index contributed by atoms with van der Waals surface area (Å²) >= 11 is 1.33. The number of methoxy groups -OCH3 is 1. The van der Waals surface area contributed by atoms with Crippen LogP contribution in [-0.2, 0) is 0 Å². The molecule has 16 heavy (non-hydrogen) atoms. The van der Waals surface area contributed by atoms with Crippen LogP contribution in [0.4, 0.5) is 5.82 Å². The second-order valence-electron chi connectivity index (χ2n) is 3.24. The lowest BCUT2D eigenvalue weighted by atomic mass is 10.4. The molecule has 2 aromatic rings. The van der Waals surface area contributed by atoms with Gasteiger partial charge in [-0.2, -0.15) is 5.10 Å². The second-order valence-corrected chi connectivity index (χ2v) is 4.15. The molecule has 0 unspecified atom stereocenters. The molecule has 5 nitrogen and oxygen atoms in total. The topological polar surface area (TPSA) is 67.0 Å². The quantitative estimate of drug-likeness (QED) is 0.858. The van der Waals surface area contributed by atoms with Crippen molar-refractivity contribution in [2.75, 3.05) is 12.4 Å². The molecule has 2 heterocycles. The Balaban J connectivity index is 2.08. The van der Waals surface area contributed by atoms with E-state index in [4.69, 9.17) is 4.74 Å². The van der Waals surface area contributed by atoms with E-state index in [1.165, 1.54) is 11.3 Å². The number of carbonyl (C=O) groups excluding carboxylic acids is 1. The van der Waals surface area contributed by atoms with Gasteiger partial charge in [-0.1, -0.05) is 0 Å². The van der Waals surface area contributed by atoms with Gasteiger partial charge in [-0.05, 0) is 6.92 Å². The summed E-state index contributed by atoms with van der Waals surface area (Å²) in [6.07, 6.45) is 0. The largest absolute Gasteiger partial charge is 0.496 e. The molecule has 0 spiro atoms. The summed E-state index contributed by atoms with van der Waals surface area (Å²) in [7, 11) is 1.57. The molecule has 0 saturated carbocycles. The standard InChI is InChI=1S/C10H11N3O2S/c1-6-3-9(13-12-6)11-10(14)8-4-7(15-2)5-16-8/h3-5H,1-2H3,(H2,11,12,13,14). The van der Waals surface area contributed by atoms with Crippen LogP contribution in [0.3, 0.4) is 0 Å². The molecular formula is C10H11N3O2S. The minimum atomic E-state index is -0.181. The zero-order valence-electron chi connectivity index (χ0n) is 8.90. The van der Waals surface area contributed by atoms with E-state index in [0.29, 0.717) is 16.4 Å². The maximum Gasteiger partial charge on any atom is 0.267 e. The van der Waals surface area contributed by atoms with Crippen LogP contribution in [-0.4, -0.2) is 23.2 Å². The molecule has 0 radical (unpaired) electrons. The molecule has 1 amide bonds. The van der Waals surface area contributed by atoms with Gasteiger partial charge in [-0.25, -0.2) is 0 Å². The molecule has 0 aromatic carbocycles. The van der Waals surface area contributed by atoms with E-state index < -0.39 is 0 Å². The number of anilines is 1. The summed E-state index contributed by atoms with van der Waals surface area (Å²) in [5.74, 6) is 1.03. The Labute approximate surface area is 96.4 Å². The molecule has 0 aliphatic rings. The highest BCUT2D eigenvalue weighted by Crippen LogP contribution is 2.21. The number of carbonyl (C=O) groups is 1. The molecule has 0 aliphatic carbocycles. The fraction of sp³-hybridized carbons (Fsp3) is 0.200. The third kappa shape index (κ3) is 2.22. The SMILES string of the molecule is COc1csc(C(=O)Nc2cc(C)[nH]n2)c1. The molecule has 0 aliphatic heterocycles. The molecular weight excluding hydrogens is 226 g/mol. The minimum Gasteiger partial charge on any atom is -0.496 e. The molecule has 2 aromatic heterocycles. The van der Waals surface area contributed by atoms with Crippen LogP contribution in [0.15, 0.2) is 17.5 Å². The Morgan fingerprint density at radius 3 is 2.94 bits per heavy atom. The molecule has 2 rings (SSSR count). The lowest BCUT2D eigenvalue weighted by molar-refractivity contribution is 0.103. The number of aromatic amines is 1. The molecule has 84 valence electrons. The predicted octanol–water partition coefficient (Wildman–Crippen LogP) is 2.04. The maximum absolute atomic E-state index is 11.7. The number of hydrogen-bond acceptors (Lipinski definition) is 4. The summed E-state index contributed by atoms with van der Waals surface area (Å²) in [4.78, 5) is 12.3. The molecule has 0 saturated heterocycles. The summed E-state index contributed by atoms with van der Waals surface area (Å²) in [5, 5.41) is 11.2. The van der Waals surface area contributed by atoms with Gasteiger partial charge in [0.15, 0.2) is 5.82 Å². The number of aromatic nitrogens is 2. The number of thiophene rings is 1. The van der Waals surface area contributed by atoms with E-state index in [9.17, 15) is 4.79 Å². The van der Waals surface area contributed by atoms with Crippen molar-refractivity contribution in [3.8, 4) is 5.75 Å². The van der Waals surface area contributed by atoms with Gasteiger partial charge in [0, 0.05) is 23.2 Å². The lowest BCUT2D eigenvalue weighted by Gasteiger charge is -1.97. The van der Waals surface area contributed by atoms with Crippen molar-refractivity contribution < 1.29 is 9.53 Å². The molecule has 2 N–H and O–H groups in total. The zero-order chi connectivity index (χ0) is 11.5. The average molecular weight is 237 g/mol. The van der Waals surface area contributed by atoms with Crippen molar-refractivity contribution in [1.29, 1.82) is 0 Å². The summed E-state index contributed by atoms with van der Waals surface area (Å²) < 4.78 is 5.01. The van der Waals surface area contributed by atoms with E-state index in [1.54, 1.807) is 24.6 Å². The number of amides is 1. The van der Waals surface area contributed by atoms with Gasteiger partial charge in [0.05, 0.1) is 12.0 Å². The molecule has 0 bridgehead atoms. The number of H-pyrrole nitrogens is 1. The van der Waals surface area contributed by atoms with E-state index in [1.807, 2.05) is 6.92 Å². The van der Waals surface area contributed by atoms with Crippen LogP contribution in [0.25, 0.3) is 0 Å². The van der Waals surface area contributed by atoms with Gasteiger partial charge >= 0.3 is 0 Å². The van der Waals surface area contributed by atoms with E-state index >= 15 is 0 Å². The van der Waals surface area contributed by atoms with Gasteiger partial charge in [-0.3, -0.25) is 9.89 Å². The van der Waals surface area contributed by atoms with E-state index in [2.05, 4.69) is 15.5 Å². The van der Waals surface area contributed by atoms with Gasteiger partial charge in [0.1, 0.15) is 5.75 Å². The van der Waals surface area contributed by atoms with Crippen molar-refractivity contribution >= 4 is 23.1 Å². The van der Waals surface area contributed by atoms with Crippen LogP contribution in [0, 0.1) is 6.92 Å². The van der Waals surface area contributed by atoms with Crippen LogP contribution < -0.4 is 10.1 Å². The zero-order valence-corrected chi connectivity index (χ0v) is 9.72. The second kappa shape index (κ2) is 4.36. The fourth-order valence-electron chi connectivity index (χ4n) is 1.20. The highest BCUT2D eigenvalue weighted by Gasteiger charge is 2.10. The van der Waals surface area contributed by atoms with Gasteiger partial charge in [0.2, 0.25) is 0 Å². The number of rotatable bonds is 3. The van der Waals surface area contributed by atoms with Crippen LogP contribution in [0.1, 0.15) is 15.4 Å². The first kappa shape index (κ1) is 10.7. The van der Waals surface area contributed by atoms with E-state index in [0.717, 1.165) is 5.69 Å². The monoisotopic (exact) mass is 237 g/mol. The number of aryl methyl sites for hydroxylation is 1. The lowest BCUT2D eigenvalue weighted by Crippen LogP contribution is -2.10. The Hall–Kier alpha value is -1.82. The number of nitrogens with zero attached hydrogens (tertiary/aromatic N) is 1. The number of nitrogens with one attached hydrogen (secondary N) is 2. The predicted molar refractivity (Wildman–Crippen MR) is 62.1 cm³/mol. The average Bonchev–Trinajstić information content (AvgIpc) is 2.87. The van der Waals surface area contributed by atoms with Crippen LogP contribution in [0.2, 0.25) is 0 Å². The summed E-state index contributed by atoms with van der Waals surface area (Å²) in [6.45, 7) is 1.87. The summed E-state index contributed by atoms with van der Waals surface area (Å²) in [5.41, 5.74) is 0.902. The molecule has 6 heteroatoms. The smallest absolute Gasteiger partial charge is 0.267 e. The van der Waals surface area contributed by atoms with Gasteiger partial charge in [0.25, 0.3) is 5.91 Å². The number of ether oxygens (including phenoxy) is 1. The third-order valence-corrected chi connectivity index (χ3v) is 2.89. The fourth-order valence-corrected chi connectivity index (χ4v) is 1.95. The normalized spacial score (nSPS) is 10.1. The van der Waals surface area contributed by atoms with Gasteiger partial charge < -0.3 is 10.1 Å². The molecule has 0 fully saturated rings. The van der Waals surface area contributed by atoms with E-state index in [-0.39, 0.29) is 5.91 Å². The number of hydrogen-bond donors (Lipinski definition) is 2. The van der Waals surface area contributed by atoms with Crippen molar-refractivity contribution in [2.24, 2.45) is 0 Å². The first-order valence-corrected chi connectivity index (χ1v) is 5.53. The Bertz CT molecular complexity index is 504. The van der Waals surface area contributed by atoms with Crippen LogP contribution >= 0.6 is 11.3 Å². The Morgan fingerprint density at radius 1 is 1.56 bits per heavy atom. The molecule has 0 atom stereocenters. The minimum absolute atomic E-state index is 0.181. The van der Waals surface area contributed by atoms with Crippen molar-refractivity contribution in [3.63, 3.8) is 0 Å². The Kier molecular flexibility index (Phi) is 2.91. The highest BCUT2D eigenvalue weighted by atomic mass is 32.1.